The van der Waals surface area contributed by atoms with Gasteiger partial charge in [0, 0.05) is 0 Å². The summed E-state index contributed by atoms with van der Waals surface area (Å²) in [6.07, 6.45) is 1.55. The molecule has 0 fully saturated rings. The Hall–Kier alpha value is -3.83. The zero-order valence-electron chi connectivity index (χ0n) is 19.0. The van der Waals surface area contributed by atoms with Crippen molar-refractivity contribution in [3.8, 4) is 11.5 Å². The molecule has 0 aliphatic heterocycles. The first-order valence-corrected chi connectivity index (χ1v) is 11.4. The molecule has 0 saturated carbocycles. The average Bonchev–Trinajstić information content (AvgIpc) is 2.83. The van der Waals surface area contributed by atoms with E-state index in [-0.39, 0.29) is 5.91 Å². The molecule has 34 heavy (non-hydrogen) atoms. The molecule has 0 saturated heterocycles. The van der Waals surface area contributed by atoms with Gasteiger partial charge in [-0.1, -0.05) is 60.1 Å². The zero-order chi connectivity index (χ0) is 23.9. The van der Waals surface area contributed by atoms with Crippen molar-refractivity contribution in [2.75, 3.05) is 6.61 Å². The SMILES string of the molecule is CCOc1cc(/C=N\NC(=O)c2ccc(C)cc2Cl)ccc1OCc1cccc2ccccc12. The second kappa shape index (κ2) is 10.9. The molecule has 1 N–H and O–H groups in total. The molecule has 4 rings (SSSR count). The molecule has 0 bridgehead atoms. The number of benzene rings is 4. The van der Waals surface area contributed by atoms with Gasteiger partial charge >= 0.3 is 0 Å². The molecule has 6 heteroatoms. The van der Waals surface area contributed by atoms with Crippen LogP contribution >= 0.6 is 11.6 Å². The summed E-state index contributed by atoms with van der Waals surface area (Å²) in [6, 6.07) is 25.2. The highest BCUT2D eigenvalue weighted by Crippen LogP contribution is 2.30. The predicted octanol–water partition coefficient (Wildman–Crippen LogP) is 6.54. The third-order valence-electron chi connectivity index (χ3n) is 5.28. The number of ether oxygens (including phenoxy) is 2. The molecule has 5 nitrogen and oxygen atoms in total. The van der Waals surface area contributed by atoms with Crippen molar-refractivity contribution in [2.24, 2.45) is 5.10 Å². The van der Waals surface area contributed by atoms with Crippen molar-refractivity contribution in [3.05, 3.63) is 106 Å². The molecule has 0 spiro atoms. The van der Waals surface area contributed by atoms with E-state index in [2.05, 4.69) is 34.8 Å². The summed E-state index contributed by atoms with van der Waals surface area (Å²) in [4.78, 5) is 12.3. The van der Waals surface area contributed by atoms with E-state index in [4.69, 9.17) is 21.1 Å². The van der Waals surface area contributed by atoms with Crippen molar-refractivity contribution in [2.45, 2.75) is 20.5 Å². The Morgan fingerprint density at radius 1 is 0.971 bits per heavy atom. The van der Waals surface area contributed by atoms with Crippen LogP contribution in [0.3, 0.4) is 0 Å². The van der Waals surface area contributed by atoms with E-state index in [1.165, 1.54) is 5.39 Å². The van der Waals surface area contributed by atoms with E-state index in [1.807, 2.05) is 56.3 Å². The van der Waals surface area contributed by atoms with Gasteiger partial charge in [-0.25, -0.2) is 5.43 Å². The average molecular weight is 473 g/mol. The quantitative estimate of drug-likeness (QED) is 0.234. The number of carbonyl (C=O) groups excluding carboxylic acids is 1. The maximum Gasteiger partial charge on any atom is 0.272 e. The Kier molecular flexibility index (Phi) is 7.45. The summed E-state index contributed by atoms with van der Waals surface area (Å²) in [5.74, 6) is 0.878. The van der Waals surface area contributed by atoms with Crippen molar-refractivity contribution in [1.29, 1.82) is 0 Å². The molecular weight excluding hydrogens is 448 g/mol. The fraction of sp³-hybridized carbons (Fsp3) is 0.143. The van der Waals surface area contributed by atoms with Gasteiger partial charge in [-0.2, -0.15) is 5.10 Å². The molecule has 0 aliphatic rings. The first-order chi connectivity index (χ1) is 16.5. The second-order valence-electron chi connectivity index (χ2n) is 7.75. The van der Waals surface area contributed by atoms with Crippen LogP contribution in [-0.2, 0) is 6.61 Å². The summed E-state index contributed by atoms with van der Waals surface area (Å²) >= 11 is 6.16. The minimum atomic E-state index is -0.374. The largest absolute Gasteiger partial charge is 0.490 e. The lowest BCUT2D eigenvalue weighted by molar-refractivity contribution is 0.0955. The van der Waals surface area contributed by atoms with Gasteiger partial charge < -0.3 is 9.47 Å². The van der Waals surface area contributed by atoms with Gasteiger partial charge in [-0.3, -0.25) is 4.79 Å². The first kappa shape index (κ1) is 23.3. The lowest BCUT2D eigenvalue weighted by Crippen LogP contribution is -2.18. The maximum absolute atomic E-state index is 12.3. The molecule has 172 valence electrons. The van der Waals surface area contributed by atoms with Crippen LogP contribution in [-0.4, -0.2) is 18.7 Å². The Morgan fingerprint density at radius 2 is 1.79 bits per heavy atom. The van der Waals surface area contributed by atoms with Crippen molar-refractivity contribution in [3.63, 3.8) is 0 Å². The van der Waals surface area contributed by atoms with Gasteiger partial charge in [-0.05, 0) is 71.6 Å². The van der Waals surface area contributed by atoms with Crippen LogP contribution in [0, 0.1) is 6.92 Å². The number of hydrogen-bond acceptors (Lipinski definition) is 4. The third-order valence-corrected chi connectivity index (χ3v) is 5.59. The number of halogens is 1. The third kappa shape index (κ3) is 5.56. The van der Waals surface area contributed by atoms with Crippen molar-refractivity contribution >= 4 is 34.5 Å². The molecule has 0 aromatic heterocycles. The molecule has 0 heterocycles. The monoisotopic (exact) mass is 472 g/mol. The van der Waals surface area contributed by atoms with E-state index in [1.54, 1.807) is 18.3 Å². The topological polar surface area (TPSA) is 59.9 Å². The molecule has 0 radical (unpaired) electrons. The van der Waals surface area contributed by atoms with Gasteiger partial charge in [-0.15, -0.1) is 0 Å². The highest BCUT2D eigenvalue weighted by atomic mass is 35.5. The summed E-state index contributed by atoms with van der Waals surface area (Å²) in [6.45, 7) is 4.74. The summed E-state index contributed by atoms with van der Waals surface area (Å²) in [7, 11) is 0. The number of aryl methyl sites for hydroxylation is 1. The predicted molar refractivity (Wildman–Crippen MR) is 137 cm³/mol. The molecule has 4 aromatic rings. The van der Waals surface area contributed by atoms with E-state index in [9.17, 15) is 4.79 Å². The number of fused-ring (bicyclic) bond motifs is 1. The second-order valence-corrected chi connectivity index (χ2v) is 8.16. The van der Waals surface area contributed by atoms with Crippen molar-refractivity contribution in [1.82, 2.24) is 5.43 Å². The minimum absolute atomic E-state index is 0.372. The van der Waals surface area contributed by atoms with E-state index in [0.717, 1.165) is 22.1 Å². The zero-order valence-corrected chi connectivity index (χ0v) is 19.8. The minimum Gasteiger partial charge on any atom is -0.490 e. The van der Waals surface area contributed by atoms with Crippen LogP contribution in [0.5, 0.6) is 11.5 Å². The van der Waals surface area contributed by atoms with E-state index in [0.29, 0.717) is 35.3 Å². The number of amides is 1. The Labute approximate surface area is 204 Å². The summed E-state index contributed by atoms with van der Waals surface area (Å²) in [5, 5.41) is 6.79. The molecule has 0 aliphatic carbocycles. The molecular formula is C28H25ClN2O3. The normalized spacial score (nSPS) is 11.0. The van der Waals surface area contributed by atoms with E-state index >= 15 is 0 Å². The van der Waals surface area contributed by atoms with Crippen LogP contribution in [0.25, 0.3) is 10.8 Å². The lowest BCUT2D eigenvalue weighted by atomic mass is 10.1. The van der Waals surface area contributed by atoms with Crippen LogP contribution in [0.2, 0.25) is 5.02 Å². The van der Waals surface area contributed by atoms with Crippen LogP contribution < -0.4 is 14.9 Å². The summed E-state index contributed by atoms with van der Waals surface area (Å²) < 4.78 is 11.9. The Bertz CT molecular complexity index is 1350. The smallest absolute Gasteiger partial charge is 0.272 e. The maximum atomic E-state index is 12.3. The molecule has 4 aromatic carbocycles. The number of nitrogens with one attached hydrogen (secondary N) is 1. The molecule has 1 amide bonds. The lowest BCUT2D eigenvalue weighted by Gasteiger charge is -2.13. The number of hydrazone groups is 1. The van der Waals surface area contributed by atoms with E-state index < -0.39 is 0 Å². The fourth-order valence-electron chi connectivity index (χ4n) is 3.60. The first-order valence-electron chi connectivity index (χ1n) is 11.0. The highest BCUT2D eigenvalue weighted by Gasteiger charge is 2.10. The fourth-order valence-corrected chi connectivity index (χ4v) is 3.92. The van der Waals surface area contributed by atoms with Crippen LogP contribution in [0.4, 0.5) is 0 Å². The van der Waals surface area contributed by atoms with Crippen molar-refractivity contribution < 1.29 is 14.3 Å². The van der Waals surface area contributed by atoms with Crippen LogP contribution in [0.1, 0.15) is 34.0 Å². The standard InChI is InChI=1S/C28H25ClN2O3/c1-3-33-27-16-20(17-30-31-28(32)24-13-11-19(2)15-25(24)29)12-14-26(27)34-18-22-9-6-8-21-7-4-5-10-23(21)22/h4-17H,3,18H2,1-2H3,(H,31,32)/b30-17-. The Balaban J connectivity index is 1.46. The number of hydrogen-bond donors (Lipinski definition) is 1. The number of carbonyl (C=O) groups is 1. The number of nitrogens with zero attached hydrogens (tertiary/aromatic N) is 1. The highest BCUT2D eigenvalue weighted by molar-refractivity contribution is 6.33. The van der Waals surface area contributed by atoms with Gasteiger partial charge in [0.15, 0.2) is 11.5 Å². The molecule has 0 atom stereocenters. The molecule has 0 unspecified atom stereocenters. The van der Waals surface area contributed by atoms with Crippen LogP contribution in [0.15, 0.2) is 84.0 Å². The number of rotatable bonds is 8. The van der Waals surface area contributed by atoms with Gasteiger partial charge in [0.1, 0.15) is 6.61 Å². The summed E-state index contributed by atoms with van der Waals surface area (Å²) in [5.41, 5.74) is 5.73. The van der Waals surface area contributed by atoms with Gasteiger partial charge in [0.25, 0.3) is 5.91 Å². The Morgan fingerprint density at radius 3 is 2.62 bits per heavy atom. The van der Waals surface area contributed by atoms with Gasteiger partial charge in [0.05, 0.1) is 23.4 Å². The van der Waals surface area contributed by atoms with Gasteiger partial charge in [0.2, 0.25) is 0 Å².